The molecular formula is C41H48N4O7S2. The van der Waals surface area contributed by atoms with Crippen LogP contribution in [0.25, 0.3) is 11.0 Å². The fraction of sp³-hybridized carbons (Fsp3) is 0.488. The summed E-state index contributed by atoms with van der Waals surface area (Å²) in [5, 5.41) is 17.0. The fourth-order valence-corrected chi connectivity index (χ4v) is 12.1. The number of nitrogens with zero attached hydrogens (tertiary/aromatic N) is 1. The summed E-state index contributed by atoms with van der Waals surface area (Å²) in [6, 6.07) is 5.96. The molecule has 4 aliphatic heterocycles. The van der Waals surface area contributed by atoms with Crippen molar-refractivity contribution in [2.24, 2.45) is 17.6 Å². The van der Waals surface area contributed by atoms with E-state index in [1.165, 1.54) is 0 Å². The van der Waals surface area contributed by atoms with Gasteiger partial charge in [-0.05, 0) is 75.6 Å². The molecule has 0 bridgehead atoms. The third kappa shape index (κ3) is 6.11. The maximum absolute atomic E-state index is 14.3. The lowest BCUT2D eigenvalue weighted by molar-refractivity contribution is -0.186. The van der Waals surface area contributed by atoms with Crippen molar-refractivity contribution in [3.8, 4) is 5.75 Å². The van der Waals surface area contributed by atoms with Gasteiger partial charge in [-0.3, -0.25) is 4.79 Å². The Balaban J connectivity index is 1.28. The standard InChI is InChI=1S/C41H48N4O7S2/c1-5-22(2)38(48)52-40(3)11-10-24-21-53-54-33-9-8-30(43-4)29-20-45(37(29)33)35(47)15-27-19-44-34(42)16-28(27)36(24)41(40)18-26-14-25-13-23(7-6-12-46)39(49)50-31(25)17-32(26)51-41/h5,8-10,13-14,16-17,29-30,33,36-37,43-44,46H,6-7,11-12,15,18-21,42H2,1-4H3. The first-order chi connectivity index (χ1) is 26.0. The van der Waals surface area contributed by atoms with E-state index < -0.39 is 28.7 Å². The van der Waals surface area contributed by atoms with Crippen molar-refractivity contribution in [2.75, 3.05) is 32.5 Å². The van der Waals surface area contributed by atoms with Gasteiger partial charge in [0, 0.05) is 72.8 Å². The van der Waals surface area contributed by atoms with Crippen LogP contribution in [0.4, 0.5) is 0 Å². The number of aliphatic hydroxyl groups excluding tert-OH is 1. The molecule has 13 heteroatoms. The zero-order chi connectivity index (χ0) is 37.9. The number of rotatable bonds is 6. The third-order valence-electron chi connectivity index (χ3n) is 12.4. The summed E-state index contributed by atoms with van der Waals surface area (Å²) in [5.74, 6) is 1.31. The molecule has 1 fully saturated rings. The number of dihydropyridines is 1. The highest BCUT2D eigenvalue weighted by Crippen LogP contribution is 2.58. The second-order valence-corrected chi connectivity index (χ2v) is 18.0. The van der Waals surface area contributed by atoms with Crippen LogP contribution >= 0.6 is 21.6 Å². The summed E-state index contributed by atoms with van der Waals surface area (Å²) in [7, 11) is 5.57. The van der Waals surface area contributed by atoms with Crippen LogP contribution in [-0.2, 0) is 27.2 Å². The summed E-state index contributed by atoms with van der Waals surface area (Å²) < 4.78 is 19.7. The van der Waals surface area contributed by atoms with Gasteiger partial charge in [-0.2, -0.15) is 0 Å². The number of nitrogens with one attached hydrogen (secondary N) is 2. The summed E-state index contributed by atoms with van der Waals surface area (Å²) >= 11 is 0. The zero-order valence-corrected chi connectivity index (χ0v) is 32.7. The second kappa shape index (κ2) is 14.3. The summed E-state index contributed by atoms with van der Waals surface area (Å²) in [6.45, 7) is 6.59. The first kappa shape index (κ1) is 37.0. The Kier molecular flexibility index (Phi) is 9.81. The fourth-order valence-electron chi connectivity index (χ4n) is 9.23. The first-order valence-corrected chi connectivity index (χ1v) is 21.2. The lowest BCUT2D eigenvalue weighted by atomic mass is 9.61. The largest absolute Gasteiger partial charge is 0.481 e. The van der Waals surface area contributed by atoms with E-state index in [9.17, 15) is 19.5 Å². The van der Waals surface area contributed by atoms with Gasteiger partial charge in [0.25, 0.3) is 0 Å². The molecule has 11 nitrogen and oxygen atoms in total. The van der Waals surface area contributed by atoms with Gasteiger partial charge in [0.05, 0.1) is 29.5 Å². The lowest BCUT2D eigenvalue weighted by Gasteiger charge is -2.55. The number of benzene rings is 1. The van der Waals surface area contributed by atoms with Crippen molar-refractivity contribution in [1.29, 1.82) is 0 Å². The Morgan fingerprint density at radius 1 is 1.26 bits per heavy atom. The Labute approximate surface area is 322 Å². The van der Waals surface area contributed by atoms with E-state index in [1.54, 1.807) is 29.9 Å². The number of likely N-dealkylation sites (N-methyl/N-ethyl adjacent to an activating group) is 1. The molecular weight excluding hydrogens is 725 g/mol. The molecule has 5 heterocycles. The topological polar surface area (TPSA) is 156 Å². The SMILES string of the molecule is CC=C(C)C(=O)OC1(C)CC=C2CSSC3C=CC(NC)C4CN(C(=O)CC5=C(C=C(N)NC5)C2C12Cc1cc5cc(CCCO)c(=O)oc5cc1O2)C34. The van der Waals surface area contributed by atoms with Gasteiger partial charge >= 0.3 is 11.6 Å². The van der Waals surface area contributed by atoms with Crippen LogP contribution in [0.5, 0.6) is 5.75 Å². The normalized spacial score (nSPS) is 31.8. The van der Waals surface area contributed by atoms with E-state index in [0.717, 1.165) is 27.7 Å². The van der Waals surface area contributed by atoms with E-state index in [2.05, 4.69) is 33.8 Å². The number of amides is 1. The number of aliphatic hydroxyl groups is 1. The molecule has 54 heavy (non-hydrogen) atoms. The molecule has 7 atom stereocenters. The zero-order valence-electron chi connectivity index (χ0n) is 31.1. The van der Waals surface area contributed by atoms with E-state index >= 15 is 0 Å². The number of ether oxygens (including phenoxy) is 2. The second-order valence-electron chi connectivity index (χ2n) is 15.5. The van der Waals surface area contributed by atoms with Crippen molar-refractivity contribution < 1.29 is 28.6 Å². The average Bonchev–Trinajstić information content (AvgIpc) is 3.51. The molecule has 2 aromatic rings. The molecule has 0 radical (unpaired) electrons. The monoisotopic (exact) mass is 772 g/mol. The molecule has 1 aromatic heterocycles. The highest BCUT2D eigenvalue weighted by molar-refractivity contribution is 8.77. The van der Waals surface area contributed by atoms with Gasteiger partial charge in [0.2, 0.25) is 5.91 Å². The molecule has 6 aliphatic rings. The van der Waals surface area contributed by atoms with Crippen LogP contribution in [0.3, 0.4) is 0 Å². The lowest BCUT2D eigenvalue weighted by Crippen LogP contribution is -2.68. The van der Waals surface area contributed by atoms with Gasteiger partial charge in [0.15, 0.2) is 11.2 Å². The Bertz CT molecular complexity index is 2120. The van der Waals surface area contributed by atoms with Crippen LogP contribution in [0.15, 0.2) is 85.9 Å². The minimum atomic E-state index is -1.16. The van der Waals surface area contributed by atoms with Crippen LogP contribution in [0.1, 0.15) is 51.2 Å². The third-order valence-corrected chi connectivity index (χ3v) is 15.0. The van der Waals surface area contributed by atoms with E-state index in [4.69, 9.17) is 19.6 Å². The average molecular weight is 773 g/mol. The molecule has 7 unspecified atom stereocenters. The number of esters is 1. The summed E-state index contributed by atoms with van der Waals surface area (Å²) in [5.41, 5.74) is 9.06. The molecule has 2 aliphatic carbocycles. The first-order valence-electron chi connectivity index (χ1n) is 18.8. The highest BCUT2D eigenvalue weighted by atomic mass is 33.1. The van der Waals surface area contributed by atoms with Crippen molar-refractivity contribution in [1.82, 2.24) is 15.5 Å². The van der Waals surface area contributed by atoms with Gasteiger partial charge in [-0.25, -0.2) is 9.59 Å². The molecule has 5 N–H and O–H groups in total. The number of carbonyl (C=O) groups excluding carboxylic acids is 2. The number of aryl methyl sites for hydroxylation is 1. The van der Waals surface area contributed by atoms with Gasteiger partial charge in [0.1, 0.15) is 11.3 Å². The minimum Gasteiger partial charge on any atom is -0.481 e. The maximum atomic E-state index is 14.3. The molecule has 8 rings (SSSR count). The van der Waals surface area contributed by atoms with E-state index in [-0.39, 0.29) is 36.3 Å². The van der Waals surface area contributed by atoms with Crippen molar-refractivity contribution in [3.05, 3.63) is 98.2 Å². The summed E-state index contributed by atoms with van der Waals surface area (Å²) in [4.78, 5) is 43.0. The van der Waals surface area contributed by atoms with Gasteiger partial charge < -0.3 is 40.3 Å². The predicted molar refractivity (Wildman–Crippen MR) is 212 cm³/mol. The molecule has 1 saturated heterocycles. The molecule has 1 aromatic carbocycles. The van der Waals surface area contributed by atoms with Crippen LogP contribution in [0.2, 0.25) is 0 Å². The number of allylic oxidation sites excluding steroid dienone is 2. The number of hydrogen-bond acceptors (Lipinski definition) is 12. The van der Waals surface area contributed by atoms with Gasteiger partial charge in [-0.1, -0.05) is 51.5 Å². The Hall–Kier alpha value is -3.91. The number of hydrogen-bond donors (Lipinski definition) is 4. The van der Waals surface area contributed by atoms with E-state index in [0.29, 0.717) is 78.7 Å². The number of carbonyl (C=O) groups is 2. The Morgan fingerprint density at radius 3 is 2.87 bits per heavy atom. The molecule has 1 spiro atoms. The molecule has 0 saturated carbocycles. The van der Waals surface area contributed by atoms with Crippen LogP contribution in [0, 0.1) is 11.8 Å². The number of fused-ring (bicyclic) bond motifs is 5. The van der Waals surface area contributed by atoms with E-state index in [1.807, 2.05) is 49.9 Å². The highest BCUT2D eigenvalue weighted by Gasteiger charge is 2.64. The van der Waals surface area contributed by atoms with Gasteiger partial charge in [-0.15, -0.1) is 0 Å². The maximum Gasteiger partial charge on any atom is 0.339 e. The van der Waals surface area contributed by atoms with Crippen molar-refractivity contribution in [2.45, 2.75) is 81.4 Å². The quantitative estimate of drug-likeness (QED) is 0.108. The number of nitrogens with two attached hydrogens (primary N) is 1. The minimum absolute atomic E-state index is 0.0265. The molecule has 1 amide bonds. The van der Waals surface area contributed by atoms with Crippen molar-refractivity contribution in [3.63, 3.8) is 0 Å². The summed E-state index contributed by atoms with van der Waals surface area (Å²) in [6.07, 6.45) is 12.3. The van der Waals surface area contributed by atoms with Crippen LogP contribution < -0.4 is 26.7 Å². The Morgan fingerprint density at radius 2 is 2.09 bits per heavy atom. The van der Waals surface area contributed by atoms with Crippen molar-refractivity contribution >= 4 is 44.4 Å². The predicted octanol–water partition coefficient (Wildman–Crippen LogP) is 4.44. The van der Waals surface area contributed by atoms with Crippen LogP contribution in [-0.4, -0.2) is 82.9 Å². The molecule has 286 valence electrons. The smallest absolute Gasteiger partial charge is 0.339 e.